The third-order valence-corrected chi connectivity index (χ3v) is 1.69. The van der Waals surface area contributed by atoms with E-state index < -0.39 is 0 Å². The van der Waals surface area contributed by atoms with Crippen LogP contribution in [0, 0.1) is 0 Å². The first-order valence-electron chi connectivity index (χ1n) is 4.61. The molecular formula is C9H17NO3S. The molecule has 0 aliphatic rings. The van der Waals surface area contributed by atoms with Gasteiger partial charge >= 0.3 is 0 Å². The maximum Gasteiger partial charge on any atom is 0.222 e. The Bertz CT molecular complexity index is 185. The fourth-order valence-electron chi connectivity index (χ4n) is 0.798. The molecule has 0 saturated heterocycles. The predicted molar refractivity (Wildman–Crippen MR) is 57.6 cm³/mol. The van der Waals surface area contributed by atoms with Crippen molar-refractivity contribution in [2.24, 2.45) is 0 Å². The molecule has 5 heteroatoms. The van der Waals surface area contributed by atoms with E-state index in [9.17, 15) is 9.59 Å². The minimum Gasteiger partial charge on any atom is -0.380 e. The molecule has 4 nitrogen and oxygen atoms in total. The summed E-state index contributed by atoms with van der Waals surface area (Å²) in [5.41, 5.74) is 0. The molecule has 0 saturated carbocycles. The normalized spacial score (nSPS) is 9.86. The van der Waals surface area contributed by atoms with Crippen molar-refractivity contribution in [3.8, 4) is 0 Å². The minimum atomic E-state index is -0.0783. The molecule has 0 atom stereocenters. The zero-order valence-electron chi connectivity index (χ0n) is 8.41. The number of hydrogen-bond donors (Lipinski definition) is 2. The van der Waals surface area contributed by atoms with Gasteiger partial charge in [-0.1, -0.05) is 0 Å². The van der Waals surface area contributed by atoms with Crippen LogP contribution in [0.15, 0.2) is 0 Å². The molecule has 0 aliphatic carbocycles. The second-order valence-corrected chi connectivity index (χ2v) is 3.34. The fraction of sp³-hybridized carbons (Fsp3) is 0.778. The molecule has 0 fully saturated rings. The highest BCUT2D eigenvalue weighted by Crippen LogP contribution is 1.85. The van der Waals surface area contributed by atoms with Gasteiger partial charge in [0.1, 0.15) is 5.78 Å². The van der Waals surface area contributed by atoms with Crippen LogP contribution in [0.5, 0.6) is 0 Å². The molecular weight excluding hydrogens is 202 g/mol. The molecule has 14 heavy (non-hydrogen) atoms. The van der Waals surface area contributed by atoms with Crippen LogP contribution in [0.25, 0.3) is 0 Å². The van der Waals surface area contributed by atoms with Crippen molar-refractivity contribution in [1.82, 2.24) is 5.32 Å². The largest absolute Gasteiger partial charge is 0.380 e. The summed E-state index contributed by atoms with van der Waals surface area (Å²) in [7, 11) is 0. The molecule has 0 heterocycles. The second kappa shape index (κ2) is 9.02. The van der Waals surface area contributed by atoms with Gasteiger partial charge in [-0.2, -0.15) is 12.6 Å². The molecule has 0 aliphatic heterocycles. The highest BCUT2D eigenvalue weighted by atomic mass is 32.1. The van der Waals surface area contributed by atoms with Gasteiger partial charge in [-0.3, -0.25) is 9.59 Å². The molecule has 0 aromatic carbocycles. The topological polar surface area (TPSA) is 55.4 Å². The number of amides is 1. The average molecular weight is 219 g/mol. The lowest BCUT2D eigenvalue weighted by Gasteiger charge is -2.03. The van der Waals surface area contributed by atoms with Crippen molar-refractivity contribution < 1.29 is 14.3 Å². The lowest BCUT2D eigenvalue weighted by molar-refractivity contribution is -0.122. The summed E-state index contributed by atoms with van der Waals surface area (Å²) in [5, 5.41) is 2.63. The van der Waals surface area contributed by atoms with E-state index in [1.165, 1.54) is 6.92 Å². The Kier molecular flexibility index (Phi) is 8.67. The number of nitrogens with one attached hydrogen (secondary N) is 1. The first kappa shape index (κ1) is 13.4. The van der Waals surface area contributed by atoms with E-state index in [1.807, 2.05) is 0 Å². The number of hydrogen-bond acceptors (Lipinski definition) is 4. The first-order valence-corrected chi connectivity index (χ1v) is 5.24. The fourth-order valence-corrected chi connectivity index (χ4v) is 0.927. The summed E-state index contributed by atoms with van der Waals surface area (Å²) in [4.78, 5) is 21.6. The van der Waals surface area contributed by atoms with Gasteiger partial charge < -0.3 is 10.1 Å². The van der Waals surface area contributed by atoms with Gasteiger partial charge in [0.05, 0.1) is 13.2 Å². The molecule has 82 valence electrons. The van der Waals surface area contributed by atoms with Gasteiger partial charge in [0.15, 0.2) is 0 Å². The molecule has 0 aromatic heterocycles. The van der Waals surface area contributed by atoms with Crippen LogP contribution in [-0.2, 0) is 14.3 Å². The Morgan fingerprint density at radius 2 is 2.00 bits per heavy atom. The number of carbonyl (C=O) groups is 2. The van der Waals surface area contributed by atoms with E-state index >= 15 is 0 Å². The third kappa shape index (κ3) is 9.54. The Hall–Kier alpha value is -0.550. The zero-order valence-corrected chi connectivity index (χ0v) is 9.31. The molecule has 0 bridgehead atoms. The quantitative estimate of drug-likeness (QED) is 0.459. The zero-order chi connectivity index (χ0) is 10.8. The molecule has 1 N–H and O–H groups in total. The second-order valence-electron chi connectivity index (χ2n) is 2.89. The minimum absolute atomic E-state index is 0.0783. The van der Waals surface area contributed by atoms with Crippen LogP contribution in [-0.4, -0.2) is 37.2 Å². The maximum atomic E-state index is 11.1. The van der Waals surface area contributed by atoms with Crippen molar-refractivity contribution in [2.75, 3.05) is 25.5 Å². The monoisotopic (exact) mass is 219 g/mol. The van der Waals surface area contributed by atoms with Crippen molar-refractivity contribution >= 4 is 24.3 Å². The van der Waals surface area contributed by atoms with Crippen molar-refractivity contribution in [3.05, 3.63) is 0 Å². The van der Waals surface area contributed by atoms with E-state index in [2.05, 4.69) is 17.9 Å². The molecule has 0 radical (unpaired) electrons. The summed E-state index contributed by atoms with van der Waals surface area (Å²) in [6.45, 7) is 2.89. The lowest BCUT2D eigenvalue weighted by Crippen LogP contribution is -2.26. The highest BCUT2D eigenvalue weighted by molar-refractivity contribution is 7.80. The first-order chi connectivity index (χ1) is 6.66. The van der Waals surface area contributed by atoms with Crippen molar-refractivity contribution in [1.29, 1.82) is 0 Å². The number of rotatable bonds is 8. The Balaban J connectivity index is 3.24. The number of ketones is 1. The van der Waals surface area contributed by atoms with Gasteiger partial charge in [0.2, 0.25) is 5.91 Å². The van der Waals surface area contributed by atoms with Gasteiger partial charge in [0.25, 0.3) is 0 Å². The van der Waals surface area contributed by atoms with E-state index in [0.29, 0.717) is 38.4 Å². The Labute approximate surface area is 89.8 Å². The smallest absolute Gasteiger partial charge is 0.222 e. The van der Waals surface area contributed by atoms with Crippen molar-refractivity contribution in [2.45, 2.75) is 19.8 Å². The van der Waals surface area contributed by atoms with Crippen LogP contribution >= 0.6 is 12.6 Å². The predicted octanol–water partition coefficient (Wildman–Crippen LogP) is 0.418. The number of Topliss-reactive ketones (excluding diaryl/α,β-unsaturated/α-hetero) is 1. The third-order valence-electron chi connectivity index (χ3n) is 1.51. The molecule has 1 amide bonds. The van der Waals surface area contributed by atoms with Crippen molar-refractivity contribution in [3.63, 3.8) is 0 Å². The summed E-state index contributed by atoms with van der Waals surface area (Å²) in [5.74, 6) is 0.661. The van der Waals surface area contributed by atoms with Crippen LogP contribution in [0.3, 0.4) is 0 Å². The van der Waals surface area contributed by atoms with Crippen LogP contribution < -0.4 is 5.32 Å². The van der Waals surface area contributed by atoms with E-state index in [-0.39, 0.29) is 11.7 Å². The Morgan fingerprint density at radius 1 is 1.29 bits per heavy atom. The van der Waals surface area contributed by atoms with Gasteiger partial charge in [-0.05, 0) is 6.92 Å². The summed E-state index contributed by atoms with van der Waals surface area (Å²) >= 11 is 3.96. The molecule has 0 spiro atoms. The van der Waals surface area contributed by atoms with Gasteiger partial charge in [-0.25, -0.2) is 0 Å². The lowest BCUT2D eigenvalue weighted by atomic mass is 10.3. The van der Waals surface area contributed by atoms with E-state index in [4.69, 9.17) is 4.74 Å². The summed E-state index contributed by atoms with van der Waals surface area (Å²) in [6.07, 6.45) is 0.731. The van der Waals surface area contributed by atoms with Gasteiger partial charge in [-0.15, -0.1) is 0 Å². The van der Waals surface area contributed by atoms with Gasteiger partial charge in [0, 0.05) is 25.1 Å². The summed E-state index contributed by atoms with van der Waals surface area (Å²) < 4.78 is 5.08. The van der Waals surface area contributed by atoms with Crippen LogP contribution in [0.1, 0.15) is 19.8 Å². The molecule has 0 unspecified atom stereocenters. The Morgan fingerprint density at radius 3 is 2.57 bits per heavy atom. The van der Waals surface area contributed by atoms with Crippen LogP contribution in [0.2, 0.25) is 0 Å². The summed E-state index contributed by atoms with van der Waals surface area (Å²) in [6, 6.07) is 0. The van der Waals surface area contributed by atoms with E-state index in [0.717, 1.165) is 0 Å². The highest BCUT2D eigenvalue weighted by Gasteiger charge is 2.00. The average Bonchev–Trinajstić information content (AvgIpc) is 2.12. The standard InChI is InChI=1S/C9H17NO3S/c1-8(11)2-4-10-9(12)3-5-13-6-7-14/h14H,2-7H2,1H3,(H,10,12). The number of thiol groups is 1. The number of ether oxygens (including phenoxy) is 1. The number of carbonyl (C=O) groups excluding carboxylic acids is 2. The maximum absolute atomic E-state index is 11.1. The SMILES string of the molecule is CC(=O)CCNC(=O)CCOCCS. The van der Waals surface area contributed by atoms with E-state index in [1.54, 1.807) is 0 Å². The van der Waals surface area contributed by atoms with Crippen LogP contribution in [0.4, 0.5) is 0 Å². The molecule has 0 rings (SSSR count). The molecule has 0 aromatic rings.